The Kier molecular flexibility index (Phi) is 7.53. The lowest BCUT2D eigenvalue weighted by Gasteiger charge is -2.12. The number of amides is 1. The average Bonchev–Trinajstić information content (AvgIpc) is 2.41. The van der Waals surface area contributed by atoms with E-state index in [1.165, 1.54) is 6.08 Å². The van der Waals surface area contributed by atoms with Gasteiger partial charge in [0.2, 0.25) is 5.91 Å². The van der Waals surface area contributed by atoms with E-state index in [-0.39, 0.29) is 12.5 Å². The molecule has 112 valence electrons. The van der Waals surface area contributed by atoms with E-state index in [1.807, 2.05) is 49.5 Å². The predicted molar refractivity (Wildman–Crippen MR) is 82.8 cm³/mol. The highest BCUT2D eigenvalue weighted by Crippen LogP contribution is 2.03. The van der Waals surface area contributed by atoms with E-state index >= 15 is 0 Å². The van der Waals surface area contributed by atoms with Crippen LogP contribution in [0.4, 0.5) is 0 Å². The number of carboxylic acid groups (broad SMARTS) is 1. The lowest BCUT2D eigenvalue weighted by molar-refractivity contribution is -0.139. The normalized spacial score (nSPS) is 22.4. The summed E-state index contributed by atoms with van der Waals surface area (Å²) in [4.78, 5) is 22.6. The molecule has 0 aliphatic heterocycles. The zero-order valence-corrected chi connectivity index (χ0v) is 12.0. The molecule has 0 aromatic carbocycles. The van der Waals surface area contributed by atoms with Crippen LogP contribution in [-0.4, -0.2) is 36.1 Å². The standard InChI is InChI=1S/C16H20N2O3/c1-2-17-14(16(20)21)12-18-15(19)11-10-13-8-6-4-3-5-7-9-13/h3-11,14,17H,2,12H2,1H3,(H,18,19)(H,20,21)/b4-3+,5-3?,6-4?,7-5-,8-6-,9-7?,11-10+,13-8?,13-9-. The first-order valence-electron chi connectivity index (χ1n) is 6.77. The Morgan fingerprint density at radius 2 is 1.95 bits per heavy atom. The third-order valence-electron chi connectivity index (χ3n) is 2.68. The van der Waals surface area contributed by atoms with Crippen molar-refractivity contribution in [1.29, 1.82) is 0 Å². The van der Waals surface area contributed by atoms with Gasteiger partial charge in [0.25, 0.3) is 0 Å². The minimum atomic E-state index is -0.983. The minimum absolute atomic E-state index is 0.0455. The first-order chi connectivity index (χ1) is 10.1. The van der Waals surface area contributed by atoms with Crippen LogP contribution in [0.3, 0.4) is 0 Å². The second-order valence-electron chi connectivity index (χ2n) is 4.32. The number of allylic oxidation sites excluding steroid dienone is 9. The molecule has 1 aliphatic rings. The van der Waals surface area contributed by atoms with Crippen molar-refractivity contribution in [3.8, 4) is 0 Å². The summed E-state index contributed by atoms with van der Waals surface area (Å²) in [6.45, 7) is 2.39. The molecule has 0 aromatic rings. The summed E-state index contributed by atoms with van der Waals surface area (Å²) in [6, 6.07) is -0.777. The van der Waals surface area contributed by atoms with Crippen LogP contribution < -0.4 is 10.6 Å². The summed E-state index contributed by atoms with van der Waals surface area (Å²) in [7, 11) is 0. The smallest absolute Gasteiger partial charge is 0.322 e. The molecule has 0 radical (unpaired) electrons. The van der Waals surface area contributed by atoms with E-state index in [1.54, 1.807) is 6.08 Å². The number of rotatable bonds is 7. The maximum Gasteiger partial charge on any atom is 0.322 e. The first-order valence-corrected chi connectivity index (χ1v) is 6.77. The molecule has 1 aliphatic carbocycles. The number of carboxylic acids is 1. The quantitative estimate of drug-likeness (QED) is 0.618. The molecule has 1 amide bonds. The van der Waals surface area contributed by atoms with Crippen LogP contribution in [0.15, 0.2) is 60.3 Å². The van der Waals surface area contributed by atoms with Gasteiger partial charge in [-0.25, -0.2) is 0 Å². The van der Waals surface area contributed by atoms with Crippen LogP contribution in [0.25, 0.3) is 0 Å². The van der Waals surface area contributed by atoms with E-state index in [4.69, 9.17) is 5.11 Å². The Bertz CT molecular complexity index is 514. The van der Waals surface area contributed by atoms with Crippen molar-refractivity contribution < 1.29 is 14.7 Å². The van der Waals surface area contributed by atoms with Crippen molar-refractivity contribution in [1.82, 2.24) is 10.6 Å². The Hall–Kier alpha value is -2.40. The van der Waals surface area contributed by atoms with Gasteiger partial charge in [0.15, 0.2) is 0 Å². The molecule has 0 spiro atoms. The number of carbonyl (C=O) groups excluding carboxylic acids is 1. The number of hydrogen-bond donors (Lipinski definition) is 3. The zero-order chi connectivity index (χ0) is 15.5. The lowest BCUT2D eigenvalue weighted by atomic mass is 10.1. The second-order valence-corrected chi connectivity index (χ2v) is 4.32. The summed E-state index contributed by atoms with van der Waals surface area (Å²) in [6.07, 6.45) is 16.3. The third kappa shape index (κ3) is 7.08. The molecule has 21 heavy (non-hydrogen) atoms. The molecule has 5 heteroatoms. The van der Waals surface area contributed by atoms with Gasteiger partial charge in [0.05, 0.1) is 0 Å². The Morgan fingerprint density at radius 3 is 2.67 bits per heavy atom. The fraction of sp³-hybridized carbons (Fsp3) is 0.250. The Labute approximate surface area is 124 Å². The van der Waals surface area contributed by atoms with Gasteiger partial charge in [-0.1, -0.05) is 49.5 Å². The fourth-order valence-electron chi connectivity index (χ4n) is 1.62. The number of carbonyl (C=O) groups is 2. The number of hydrogen-bond acceptors (Lipinski definition) is 3. The minimum Gasteiger partial charge on any atom is -0.480 e. The van der Waals surface area contributed by atoms with Gasteiger partial charge in [0, 0.05) is 12.6 Å². The molecular formula is C16H20N2O3. The highest BCUT2D eigenvalue weighted by Gasteiger charge is 2.15. The highest BCUT2D eigenvalue weighted by molar-refractivity contribution is 5.88. The van der Waals surface area contributed by atoms with Crippen LogP contribution in [0.2, 0.25) is 0 Å². The van der Waals surface area contributed by atoms with Gasteiger partial charge in [-0.3, -0.25) is 9.59 Å². The van der Waals surface area contributed by atoms with Gasteiger partial charge in [-0.15, -0.1) is 0 Å². The van der Waals surface area contributed by atoms with Gasteiger partial charge in [-0.05, 0) is 18.2 Å². The largest absolute Gasteiger partial charge is 0.480 e. The SMILES string of the molecule is CCNC(CNC(=O)/C=C/C1=C\C=C/C=C/C=C\1)C(=O)O. The van der Waals surface area contributed by atoms with Crippen LogP contribution in [-0.2, 0) is 9.59 Å². The molecule has 1 unspecified atom stereocenters. The highest BCUT2D eigenvalue weighted by atomic mass is 16.4. The topological polar surface area (TPSA) is 78.4 Å². The van der Waals surface area contributed by atoms with Crippen LogP contribution in [0.5, 0.6) is 0 Å². The van der Waals surface area contributed by atoms with Crippen molar-refractivity contribution >= 4 is 11.9 Å². The molecule has 1 atom stereocenters. The van der Waals surface area contributed by atoms with Crippen molar-refractivity contribution in [3.05, 3.63) is 60.3 Å². The zero-order valence-electron chi connectivity index (χ0n) is 12.0. The molecule has 0 saturated carbocycles. The predicted octanol–water partition coefficient (Wildman–Crippen LogP) is 1.33. The molecule has 0 aromatic heterocycles. The summed E-state index contributed by atoms with van der Waals surface area (Å²) >= 11 is 0. The van der Waals surface area contributed by atoms with E-state index in [9.17, 15) is 9.59 Å². The van der Waals surface area contributed by atoms with Gasteiger partial charge in [-0.2, -0.15) is 0 Å². The number of aliphatic carboxylic acids is 1. The van der Waals surface area contributed by atoms with Crippen molar-refractivity contribution in [2.75, 3.05) is 13.1 Å². The molecule has 0 saturated heterocycles. The average molecular weight is 288 g/mol. The van der Waals surface area contributed by atoms with E-state index in [0.29, 0.717) is 6.54 Å². The Balaban J connectivity index is 2.49. The molecular weight excluding hydrogens is 268 g/mol. The first kappa shape index (κ1) is 16.7. The van der Waals surface area contributed by atoms with Crippen LogP contribution >= 0.6 is 0 Å². The fourth-order valence-corrected chi connectivity index (χ4v) is 1.62. The number of nitrogens with one attached hydrogen (secondary N) is 2. The second kappa shape index (κ2) is 9.50. The van der Waals surface area contributed by atoms with Crippen molar-refractivity contribution in [2.24, 2.45) is 0 Å². The third-order valence-corrected chi connectivity index (χ3v) is 2.68. The monoisotopic (exact) mass is 288 g/mol. The van der Waals surface area contributed by atoms with Gasteiger partial charge in [0.1, 0.15) is 6.04 Å². The van der Waals surface area contributed by atoms with E-state index < -0.39 is 12.0 Å². The van der Waals surface area contributed by atoms with E-state index in [2.05, 4.69) is 10.6 Å². The number of likely N-dealkylation sites (N-methyl/N-ethyl adjacent to an activating group) is 1. The molecule has 1 rings (SSSR count). The van der Waals surface area contributed by atoms with Gasteiger partial charge < -0.3 is 15.7 Å². The summed E-state index contributed by atoms with van der Waals surface area (Å²) in [5.41, 5.74) is 0.882. The summed E-state index contributed by atoms with van der Waals surface area (Å²) in [5, 5.41) is 14.3. The van der Waals surface area contributed by atoms with Crippen molar-refractivity contribution in [2.45, 2.75) is 13.0 Å². The molecule has 5 nitrogen and oxygen atoms in total. The Morgan fingerprint density at radius 1 is 1.24 bits per heavy atom. The molecule has 0 heterocycles. The van der Waals surface area contributed by atoms with Crippen molar-refractivity contribution in [3.63, 3.8) is 0 Å². The summed E-state index contributed by atoms with van der Waals surface area (Å²) in [5.74, 6) is -1.31. The molecule has 3 N–H and O–H groups in total. The molecule has 0 bridgehead atoms. The summed E-state index contributed by atoms with van der Waals surface area (Å²) < 4.78 is 0. The van der Waals surface area contributed by atoms with E-state index in [0.717, 1.165) is 5.57 Å². The maximum atomic E-state index is 11.7. The van der Waals surface area contributed by atoms with Gasteiger partial charge >= 0.3 is 5.97 Å². The molecule has 0 fully saturated rings. The van der Waals surface area contributed by atoms with Crippen LogP contribution in [0.1, 0.15) is 6.92 Å². The van der Waals surface area contributed by atoms with Crippen LogP contribution in [0, 0.1) is 0 Å². The lowest BCUT2D eigenvalue weighted by Crippen LogP contribution is -2.45. The maximum absolute atomic E-state index is 11.7.